The molecular formula is C26H38N6O3. The molecule has 1 fully saturated rings. The van der Waals surface area contributed by atoms with Gasteiger partial charge in [-0.05, 0) is 73.0 Å². The lowest BCUT2D eigenvalue weighted by Gasteiger charge is -2.36. The molecule has 3 aromatic rings. The predicted molar refractivity (Wildman–Crippen MR) is 136 cm³/mol. The maximum atomic E-state index is 13.2. The lowest BCUT2D eigenvalue weighted by molar-refractivity contribution is 0.0368. The van der Waals surface area contributed by atoms with E-state index in [9.17, 15) is 4.79 Å². The van der Waals surface area contributed by atoms with Crippen molar-refractivity contribution >= 4 is 10.9 Å². The first kappa shape index (κ1) is 25.3. The van der Waals surface area contributed by atoms with Crippen LogP contribution in [0.2, 0.25) is 0 Å². The molecule has 4 rings (SSSR count). The molecule has 0 unspecified atom stereocenters. The van der Waals surface area contributed by atoms with Crippen LogP contribution in [0.1, 0.15) is 71.3 Å². The van der Waals surface area contributed by atoms with E-state index in [1.54, 1.807) is 7.11 Å². The molecule has 0 bridgehead atoms. The number of methoxy groups -OCH3 is 1. The molecule has 190 valence electrons. The molecule has 1 aromatic carbocycles. The van der Waals surface area contributed by atoms with Gasteiger partial charge in [-0.15, -0.1) is 5.10 Å². The second-order valence-electron chi connectivity index (χ2n) is 10.4. The quantitative estimate of drug-likeness (QED) is 0.465. The summed E-state index contributed by atoms with van der Waals surface area (Å²) >= 11 is 0. The molecule has 0 saturated carbocycles. The molecule has 1 aliphatic heterocycles. The molecule has 0 amide bonds. The number of tetrazole rings is 1. The van der Waals surface area contributed by atoms with Crippen LogP contribution in [0.4, 0.5) is 0 Å². The summed E-state index contributed by atoms with van der Waals surface area (Å²) in [4.78, 5) is 18.5. The Morgan fingerprint density at radius 3 is 2.77 bits per heavy atom. The lowest BCUT2D eigenvalue weighted by atomic mass is 9.97. The van der Waals surface area contributed by atoms with E-state index in [0.29, 0.717) is 24.4 Å². The fraction of sp³-hybridized carbons (Fsp3) is 0.615. The van der Waals surface area contributed by atoms with Crippen LogP contribution < -0.4 is 10.3 Å². The summed E-state index contributed by atoms with van der Waals surface area (Å²) in [6.07, 6.45) is 3.10. The Morgan fingerprint density at radius 1 is 1.31 bits per heavy atom. The predicted octanol–water partition coefficient (Wildman–Crippen LogP) is 4.05. The smallest absolute Gasteiger partial charge is 0.252 e. The Hall–Kier alpha value is -2.78. The van der Waals surface area contributed by atoms with Crippen molar-refractivity contribution in [3.05, 3.63) is 46.0 Å². The van der Waals surface area contributed by atoms with Crippen LogP contribution in [0.15, 0.2) is 29.1 Å². The second kappa shape index (κ2) is 10.5. The zero-order valence-electron chi connectivity index (χ0n) is 21.7. The molecule has 9 nitrogen and oxygen atoms in total. The van der Waals surface area contributed by atoms with Gasteiger partial charge in [0.25, 0.3) is 5.56 Å². The van der Waals surface area contributed by atoms with Gasteiger partial charge in [-0.1, -0.05) is 20.8 Å². The van der Waals surface area contributed by atoms with Crippen molar-refractivity contribution in [2.45, 2.75) is 78.1 Å². The highest BCUT2D eigenvalue weighted by molar-refractivity contribution is 5.80. The molecule has 9 heteroatoms. The van der Waals surface area contributed by atoms with Gasteiger partial charge in [0.2, 0.25) is 0 Å². The van der Waals surface area contributed by atoms with Crippen molar-refractivity contribution in [1.29, 1.82) is 0 Å². The van der Waals surface area contributed by atoms with E-state index in [1.807, 2.05) is 28.9 Å². The highest BCUT2D eigenvalue weighted by Gasteiger charge is 2.35. The molecule has 1 saturated heterocycles. The molecular weight excluding hydrogens is 444 g/mol. The number of fused-ring (bicyclic) bond motifs is 1. The number of rotatable bonds is 10. The Morgan fingerprint density at radius 2 is 2.11 bits per heavy atom. The van der Waals surface area contributed by atoms with Gasteiger partial charge in [-0.3, -0.25) is 9.69 Å². The lowest BCUT2D eigenvalue weighted by Crippen LogP contribution is -2.41. The highest BCUT2D eigenvalue weighted by atomic mass is 16.5. The number of aromatic nitrogens is 5. The van der Waals surface area contributed by atoms with Crippen LogP contribution in [-0.4, -0.2) is 56.5 Å². The van der Waals surface area contributed by atoms with Crippen molar-refractivity contribution in [2.24, 2.45) is 5.92 Å². The van der Waals surface area contributed by atoms with E-state index in [2.05, 4.69) is 60.0 Å². The van der Waals surface area contributed by atoms with Crippen LogP contribution in [0.5, 0.6) is 5.75 Å². The number of ether oxygens (including phenoxy) is 2. The number of benzene rings is 1. The highest BCUT2D eigenvalue weighted by Crippen LogP contribution is 2.33. The number of aromatic amines is 1. The molecule has 0 spiro atoms. The fourth-order valence-electron chi connectivity index (χ4n) is 4.86. The normalized spacial score (nSPS) is 17.5. The number of H-pyrrole nitrogens is 1. The SMILES string of the molecule is CCC(C)(C)n1nnnc1[C@H](C(C)C)N(Cc1cc2ccc(OC)cc2[nH]c1=O)C[C@H]1CCCO1. The summed E-state index contributed by atoms with van der Waals surface area (Å²) in [6, 6.07) is 7.63. The van der Waals surface area contributed by atoms with E-state index in [0.717, 1.165) is 42.6 Å². The molecule has 2 atom stereocenters. The largest absolute Gasteiger partial charge is 0.497 e. The maximum Gasteiger partial charge on any atom is 0.252 e. The van der Waals surface area contributed by atoms with Gasteiger partial charge in [0.05, 0.1) is 30.3 Å². The van der Waals surface area contributed by atoms with E-state index < -0.39 is 0 Å². The Balaban J connectivity index is 1.75. The first-order chi connectivity index (χ1) is 16.7. The molecule has 1 N–H and O–H groups in total. The van der Waals surface area contributed by atoms with Crippen molar-refractivity contribution < 1.29 is 9.47 Å². The second-order valence-corrected chi connectivity index (χ2v) is 10.4. The monoisotopic (exact) mass is 482 g/mol. The minimum absolute atomic E-state index is 0.0778. The summed E-state index contributed by atoms with van der Waals surface area (Å²) in [5.41, 5.74) is 1.15. The van der Waals surface area contributed by atoms with Gasteiger partial charge in [-0.2, -0.15) is 0 Å². The Labute approximate surface area is 206 Å². The third kappa shape index (κ3) is 5.41. The number of nitrogens with one attached hydrogen (secondary N) is 1. The maximum absolute atomic E-state index is 13.2. The zero-order valence-corrected chi connectivity index (χ0v) is 21.7. The molecule has 0 aliphatic carbocycles. The number of hydrogen-bond donors (Lipinski definition) is 1. The van der Waals surface area contributed by atoms with Gasteiger partial charge < -0.3 is 14.5 Å². The third-order valence-electron chi connectivity index (χ3n) is 7.19. The third-order valence-corrected chi connectivity index (χ3v) is 7.19. The minimum atomic E-state index is -0.221. The first-order valence-corrected chi connectivity index (χ1v) is 12.6. The van der Waals surface area contributed by atoms with Gasteiger partial charge in [0.15, 0.2) is 5.82 Å². The Kier molecular flexibility index (Phi) is 7.56. The van der Waals surface area contributed by atoms with Crippen LogP contribution in [-0.2, 0) is 16.8 Å². The van der Waals surface area contributed by atoms with E-state index in [4.69, 9.17) is 9.47 Å². The molecule has 2 aromatic heterocycles. The first-order valence-electron chi connectivity index (χ1n) is 12.6. The summed E-state index contributed by atoms with van der Waals surface area (Å²) in [5.74, 6) is 1.76. The minimum Gasteiger partial charge on any atom is -0.497 e. The summed E-state index contributed by atoms with van der Waals surface area (Å²) in [6.45, 7) is 12.8. The van der Waals surface area contributed by atoms with E-state index in [1.165, 1.54) is 0 Å². The number of hydrogen-bond acceptors (Lipinski definition) is 7. The van der Waals surface area contributed by atoms with Crippen LogP contribution >= 0.6 is 0 Å². The van der Waals surface area contributed by atoms with Crippen molar-refractivity contribution in [1.82, 2.24) is 30.1 Å². The molecule has 1 aliphatic rings. The van der Waals surface area contributed by atoms with E-state index >= 15 is 0 Å². The van der Waals surface area contributed by atoms with Crippen molar-refractivity contribution in [3.63, 3.8) is 0 Å². The molecule has 3 heterocycles. The van der Waals surface area contributed by atoms with E-state index in [-0.39, 0.29) is 29.2 Å². The standard InChI is InChI=1S/C26H38N6O3/c1-7-26(4,5)32-24(28-29-30-32)23(17(2)3)31(16-21-9-8-12-35-21)15-19-13-18-10-11-20(34-6)14-22(18)27-25(19)33/h10-11,13-14,17,21,23H,7-9,12,15-16H2,1-6H3,(H,27,33)/t21-,23+/m1/s1. The summed E-state index contributed by atoms with van der Waals surface area (Å²) < 4.78 is 13.3. The van der Waals surface area contributed by atoms with Gasteiger partial charge in [0, 0.05) is 31.3 Å². The molecule has 0 radical (unpaired) electrons. The average Bonchev–Trinajstić information content (AvgIpc) is 3.52. The fourth-order valence-corrected chi connectivity index (χ4v) is 4.86. The Bertz CT molecular complexity index is 1200. The zero-order chi connectivity index (χ0) is 25.2. The van der Waals surface area contributed by atoms with Crippen LogP contribution in [0.25, 0.3) is 10.9 Å². The summed E-state index contributed by atoms with van der Waals surface area (Å²) in [5, 5.41) is 13.9. The van der Waals surface area contributed by atoms with Crippen LogP contribution in [0, 0.1) is 5.92 Å². The average molecular weight is 483 g/mol. The van der Waals surface area contributed by atoms with Crippen molar-refractivity contribution in [2.75, 3.05) is 20.3 Å². The number of nitrogens with zero attached hydrogens (tertiary/aromatic N) is 5. The van der Waals surface area contributed by atoms with Crippen LogP contribution in [0.3, 0.4) is 0 Å². The van der Waals surface area contributed by atoms with Gasteiger partial charge >= 0.3 is 0 Å². The topological polar surface area (TPSA) is 98.2 Å². The van der Waals surface area contributed by atoms with Crippen molar-refractivity contribution in [3.8, 4) is 5.75 Å². The molecule has 35 heavy (non-hydrogen) atoms. The van der Waals surface area contributed by atoms with Gasteiger partial charge in [-0.25, -0.2) is 4.68 Å². The number of pyridine rings is 1. The summed E-state index contributed by atoms with van der Waals surface area (Å²) in [7, 11) is 1.62. The van der Waals surface area contributed by atoms with Gasteiger partial charge in [0.1, 0.15) is 5.75 Å².